The van der Waals surface area contributed by atoms with Gasteiger partial charge in [0.05, 0.1) is 10.7 Å². The molecule has 24 heavy (non-hydrogen) atoms. The molecule has 0 atom stereocenters. The highest BCUT2D eigenvalue weighted by Crippen LogP contribution is 2.31. The van der Waals surface area contributed by atoms with Crippen molar-refractivity contribution in [3.63, 3.8) is 0 Å². The van der Waals surface area contributed by atoms with Gasteiger partial charge in [0.15, 0.2) is 5.76 Å². The molecule has 5 nitrogen and oxygen atoms in total. The number of carbonyl (C=O) groups is 2. The van der Waals surface area contributed by atoms with Crippen LogP contribution in [0.4, 0.5) is 10.5 Å². The van der Waals surface area contributed by atoms with Gasteiger partial charge in [-0.2, -0.15) is 0 Å². The predicted molar refractivity (Wildman–Crippen MR) is 94.1 cm³/mol. The summed E-state index contributed by atoms with van der Waals surface area (Å²) in [5, 5.41) is 3.77. The van der Waals surface area contributed by atoms with E-state index in [1.165, 1.54) is 12.1 Å². The third-order valence-corrected chi connectivity index (χ3v) is 3.99. The van der Waals surface area contributed by atoms with Gasteiger partial charge < -0.3 is 15.5 Å². The van der Waals surface area contributed by atoms with Crippen LogP contribution in [0.1, 0.15) is 21.7 Å². The molecule has 0 saturated carbocycles. The quantitative estimate of drug-likeness (QED) is 0.658. The van der Waals surface area contributed by atoms with Crippen LogP contribution in [-0.4, -0.2) is 11.8 Å². The van der Waals surface area contributed by atoms with E-state index in [-0.39, 0.29) is 22.1 Å². The molecule has 0 fully saturated rings. The van der Waals surface area contributed by atoms with Crippen molar-refractivity contribution in [3.8, 4) is 0 Å². The summed E-state index contributed by atoms with van der Waals surface area (Å²) in [4.78, 5) is 23.8. The number of hydrogen-bond donors (Lipinski definition) is 2. The number of furan rings is 1. The van der Waals surface area contributed by atoms with Crippen molar-refractivity contribution in [2.45, 2.75) is 6.92 Å². The number of ketones is 1. The molecule has 1 heterocycles. The van der Waals surface area contributed by atoms with E-state index in [9.17, 15) is 9.59 Å². The van der Waals surface area contributed by atoms with Crippen LogP contribution in [0, 0.1) is 6.92 Å². The lowest BCUT2D eigenvalue weighted by Crippen LogP contribution is -2.19. The fourth-order valence-corrected chi connectivity index (χ4v) is 2.93. The van der Waals surface area contributed by atoms with Crippen LogP contribution in [-0.2, 0) is 0 Å². The van der Waals surface area contributed by atoms with Crippen LogP contribution < -0.4 is 11.1 Å². The SMILES string of the molecule is Cc1cc(NC(N)=O)c2cc(C(=O)c3ccc(Cl)cc3Cl)oc2c1. The first-order valence-electron chi connectivity index (χ1n) is 6.95. The molecule has 0 bridgehead atoms. The number of hydrogen-bond acceptors (Lipinski definition) is 3. The Kier molecular flexibility index (Phi) is 4.22. The molecule has 3 rings (SSSR count). The van der Waals surface area contributed by atoms with Crippen LogP contribution in [0.25, 0.3) is 11.0 Å². The molecule has 0 unspecified atom stereocenters. The molecule has 3 aromatic rings. The number of primary amides is 1. The summed E-state index contributed by atoms with van der Waals surface area (Å²) in [6, 6.07) is 8.96. The summed E-state index contributed by atoms with van der Waals surface area (Å²) in [5.41, 5.74) is 7.25. The summed E-state index contributed by atoms with van der Waals surface area (Å²) in [6.07, 6.45) is 0. The Balaban J connectivity index is 2.10. The summed E-state index contributed by atoms with van der Waals surface area (Å²) < 4.78 is 5.64. The summed E-state index contributed by atoms with van der Waals surface area (Å²) in [5.74, 6) is -0.275. The maximum atomic E-state index is 12.6. The van der Waals surface area contributed by atoms with Gasteiger partial charge in [0.2, 0.25) is 5.78 Å². The third-order valence-electron chi connectivity index (χ3n) is 3.44. The molecule has 0 aliphatic heterocycles. The van der Waals surface area contributed by atoms with Crippen molar-refractivity contribution >= 4 is 51.7 Å². The Morgan fingerprint density at radius 2 is 1.88 bits per heavy atom. The average Bonchev–Trinajstić information content (AvgIpc) is 2.90. The Labute approximate surface area is 147 Å². The maximum Gasteiger partial charge on any atom is 0.316 e. The number of nitrogens with one attached hydrogen (secondary N) is 1. The molecule has 7 heteroatoms. The van der Waals surface area contributed by atoms with Gasteiger partial charge in [-0.25, -0.2) is 4.79 Å². The second-order valence-electron chi connectivity index (χ2n) is 5.28. The van der Waals surface area contributed by atoms with E-state index in [1.54, 1.807) is 24.3 Å². The molecule has 0 radical (unpaired) electrons. The van der Waals surface area contributed by atoms with E-state index in [4.69, 9.17) is 33.4 Å². The molecule has 1 aromatic heterocycles. The second kappa shape index (κ2) is 6.19. The summed E-state index contributed by atoms with van der Waals surface area (Å²) in [6.45, 7) is 1.84. The minimum atomic E-state index is -0.697. The standard InChI is InChI=1S/C17H12Cl2N2O3/c1-8-4-13(21-17(20)23)11-7-15(24-14(11)5-8)16(22)10-3-2-9(18)6-12(10)19/h2-7H,1H3,(H3,20,21,23). The van der Waals surface area contributed by atoms with E-state index in [2.05, 4.69) is 5.32 Å². The number of benzene rings is 2. The van der Waals surface area contributed by atoms with Gasteiger partial charge in [-0.15, -0.1) is 0 Å². The fourth-order valence-electron chi connectivity index (χ4n) is 2.43. The van der Waals surface area contributed by atoms with Crippen LogP contribution in [0.5, 0.6) is 0 Å². The highest BCUT2D eigenvalue weighted by molar-refractivity contribution is 6.37. The first-order valence-corrected chi connectivity index (χ1v) is 7.71. The number of halogens is 2. The van der Waals surface area contributed by atoms with E-state index < -0.39 is 6.03 Å². The number of carbonyl (C=O) groups excluding carboxylic acids is 2. The maximum absolute atomic E-state index is 12.6. The zero-order valence-electron chi connectivity index (χ0n) is 12.5. The van der Waals surface area contributed by atoms with Crippen molar-refractivity contribution in [3.05, 3.63) is 63.3 Å². The number of rotatable bonds is 3. The van der Waals surface area contributed by atoms with Crippen LogP contribution >= 0.6 is 23.2 Å². The molecule has 0 aliphatic carbocycles. The first kappa shape index (κ1) is 16.4. The number of nitrogens with two attached hydrogens (primary N) is 1. The number of fused-ring (bicyclic) bond motifs is 1. The van der Waals surface area contributed by atoms with Crippen molar-refractivity contribution in [2.75, 3.05) is 5.32 Å². The Bertz CT molecular complexity index is 979. The van der Waals surface area contributed by atoms with E-state index in [0.717, 1.165) is 5.56 Å². The normalized spacial score (nSPS) is 10.8. The predicted octanol–water partition coefficient (Wildman–Crippen LogP) is 4.77. The minimum absolute atomic E-state index is 0.104. The minimum Gasteiger partial charge on any atom is -0.452 e. The number of anilines is 1. The molecule has 2 aromatic carbocycles. The molecule has 2 amide bonds. The summed E-state index contributed by atoms with van der Waals surface area (Å²) >= 11 is 11.9. The van der Waals surface area contributed by atoms with E-state index in [0.29, 0.717) is 21.7 Å². The second-order valence-corrected chi connectivity index (χ2v) is 6.12. The molecular weight excluding hydrogens is 351 g/mol. The van der Waals surface area contributed by atoms with Gasteiger partial charge in [0.1, 0.15) is 5.58 Å². The van der Waals surface area contributed by atoms with Crippen molar-refractivity contribution in [2.24, 2.45) is 5.73 Å². The lowest BCUT2D eigenvalue weighted by Gasteiger charge is -2.03. The number of amides is 2. The van der Waals surface area contributed by atoms with Crippen molar-refractivity contribution in [1.82, 2.24) is 0 Å². The molecular formula is C17H12Cl2N2O3. The Morgan fingerprint density at radius 1 is 1.12 bits per heavy atom. The molecule has 0 aliphatic rings. The largest absolute Gasteiger partial charge is 0.452 e. The Hall–Kier alpha value is -2.50. The highest BCUT2D eigenvalue weighted by Gasteiger charge is 2.19. The van der Waals surface area contributed by atoms with Crippen LogP contribution in [0.2, 0.25) is 10.0 Å². The van der Waals surface area contributed by atoms with Gasteiger partial charge in [-0.05, 0) is 48.9 Å². The van der Waals surface area contributed by atoms with Gasteiger partial charge in [-0.1, -0.05) is 23.2 Å². The monoisotopic (exact) mass is 362 g/mol. The van der Waals surface area contributed by atoms with Crippen molar-refractivity contribution < 1.29 is 14.0 Å². The summed E-state index contributed by atoms with van der Waals surface area (Å²) in [7, 11) is 0. The van der Waals surface area contributed by atoms with Crippen LogP contribution in [0.3, 0.4) is 0 Å². The van der Waals surface area contributed by atoms with Gasteiger partial charge >= 0.3 is 6.03 Å². The zero-order valence-corrected chi connectivity index (χ0v) is 14.0. The molecule has 0 saturated heterocycles. The van der Waals surface area contributed by atoms with Crippen molar-refractivity contribution in [1.29, 1.82) is 0 Å². The lowest BCUT2D eigenvalue weighted by molar-refractivity contribution is 0.101. The third kappa shape index (κ3) is 3.09. The fraction of sp³-hybridized carbons (Fsp3) is 0.0588. The average molecular weight is 363 g/mol. The molecule has 122 valence electrons. The number of urea groups is 1. The first-order chi connectivity index (χ1) is 11.3. The highest BCUT2D eigenvalue weighted by atomic mass is 35.5. The zero-order chi connectivity index (χ0) is 17.4. The van der Waals surface area contributed by atoms with Gasteiger partial charge in [0, 0.05) is 16.0 Å². The van der Waals surface area contributed by atoms with E-state index in [1.807, 2.05) is 6.92 Å². The van der Waals surface area contributed by atoms with E-state index >= 15 is 0 Å². The lowest BCUT2D eigenvalue weighted by atomic mass is 10.1. The Morgan fingerprint density at radius 3 is 2.54 bits per heavy atom. The smallest absolute Gasteiger partial charge is 0.316 e. The van der Waals surface area contributed by atoms with Gasteiger partial charge in [0.25, 0.3) is 0 Å². The van der Waals surface area contributed by atoms with Crippen LogP contribution in [0.15, 0.2) is 40.8 Å². The molecule has 3 N–H and O–H groups in total. The van der Waals surface area contributed by atoms with Gasteiger partial charge in [-0.3, -0.25) is 4.79 Å². The number of aryl methyl sites for hydroxylation is 1. The molecule has 0 spiro atoms. The topological polar surface area (TPSA) is 85.3 Å².